The first-order valence-electron chi connectivity index (χ1n) is 6.07. The van der Waals surface area contributed by atoms with E-state index in [1.807, 2.05) is 13.8 Å². The van der Waals surface area contributed by atoms with Crippen molar-refractivity contribution in [3.05, 3.63) is 11.4 Å². The van der Waals surface area contributed by atoms with Crippen molar-refractivity contribution in [2.45, 2.75) is 46.5 Å². The summed E-state index contributed by atoms with van der Waals surface area (Å²) in [6.45, 7) is 7.13. The van der Waals surface area contributed by atoms with Gasteiger partial charge in [-0.05, 0) is 38.5 Å². The van der Waals surface area contributed by atoms with Crippen LogP contribution in [0.1, 0.15) is 44.0 Å². The molecule has 0 saturated heterocycles. The molecule has 1 heterocycles. The first kappa shape index (κ1) is 11.3. The molecule has 0 spiro atoms. The summed E-state index contributed by atoms with van der Waals surface area (Å²) < 4.78 is 0. The Bertz CT molecular complexity index is 371. The number of hydrogen-bond acceptors (Lipinski definition) is 4. The number of anilines is 1. The van der Waals surface area contributed by atoms with Gasteiger partial charge in [0.25, 0.3) is 0 Å². The Kier molecular flexibility index (Phi) is 3.08. The van der Waals surface area contributed by atoms with Crippen LogP contribution in [0.3, 0.4) is 0 Å². The van der Waals surface area contributed by atoms with Crippen molar-refractivity contribution < 1.29 is 0 Å². The molecule has 0 unspecified atom stereocenters. The van der Waals surface area contributed by atoms with Crippen LogP contribution in [-0.4, -0.2) is 21.7 Å². The fraction of sp³-hybridized carbons (Fsp3) is 0.750. The van der Waals surface area contributed by atoms with E-state index in [0.717, 1.165) is 17.9 Å². The van der Waals surface area contributed by atoms with Gasteiger partial charge < -0.3 is 5.32 Å². The maximum atomic E-state index is 4.38. The minimum Gasteiger partial charge on any atom is -0.352 e. The van der Waals surface area contributed by atoms with Crippen LogP contribution in [-0.2, 0) is 0 Å². The molecule has 4 heteroatoms. The van der Waals surface area contributed by atoms with E-state index in [-0.39, 0.29) is 0 Å². The Hall–Kier alpha value is -1.19. The number of aromatic nitrogens is 3. The van der Waals surface area contributed by atoms with Crippen LogP contribution in [0.5, 0.6) is 0 Å². The normalized spacial score (nSPS) is 17.2. The standard InChI is InChI=1S/C12H20N4/c1-4-5-12(6-7-12)8-13-11-14-9(2)10(3)15-16-11/h4-8H2,1-3H3,(H,13,14,16). The van der Waals surface area contributed by atoms with Crippen LogP contribution < -0.4 is 5.32 Å². The lowest BCUT2D eigenvalue weighted by Gasteiger charge is -2.14. The third-order valence-electron chi connectivity index (χ3n) is 3.45. The zero-order chi connectivity index (χ0) is 11.6. The summed E-state index contributed by atoms with van der Waals surface area (Å²) in [6.07, 6.45) is 5.24. The molecule has 0 radical (unpaired) electrons. The summed E-state index contributed by atoms with van der Waals surface area (Å²) in [5.41, 5.74) is 2.38. The average molecular weight is 220 g/mol. The Morgan fingerprint density at radius 1 is 1.19 bits per heavy atom. The predicted octanol–water partition coefficient (Wildman–Crippen LogP) is 2.48. The van der Waals surface area contributed by atoms with Crippen molar-refractivity contribution in [2.75, 3.05) is 11.9 Å². The molecule has 1 aliphatic rings. The quantitative estimate of drug-likeness (QED) is 0.828. The van der Waals surface area contributed by atoms with Gasteiger partial charge in [-0.3, -0.25) is 0 Å². The molecule has 0 aliphatic heterocycles. The molecule has 1 saturated carbocycles. The number of nitrogens with one attached hydrogen (secondary N) is 1. The molecule has 0 atom stereocenters. The van der Waals surface area contributed by atoms with E-state index in [2.05, 4.69) is 27.4 Å². The molecule has 1 N–H and O–H groups in total. The van der Waals surface area contributed by atoms with Gasteiger partial charge >= 0.3 is 0 Å². The zero-order valence-corrected chi connectivity index (χ0v) is 10.4. The van der Waals surface area contributed by atoms with E-state index >= 15 is 0 Å². The second-order valence-corrected chi connectivity index (χ2v) is 4.91. The summed E-state index contributed by atoms with van der Waals surface area (Å²) >= 11 is 0. The predicted molar refractivity (Wildman–Crippen MR) is 64.4 cm³/mol. The fourth-order valence-corrected chi connectivity index (χ4v) is 2.02. The lowest BCUT2D eigenvalue weighted by atomic mass is 10.0. The van der Waals surface area contributed by atoms with Gasteiger partial charge in [0.1, 0.15) is 0 Å². The highest BCUT2D eigenvalue weighted by atomic mass is 15.2. The maximum Gasteiger partial charge on any atom is 0.242 e. The van der Waals surface area contributed by atoms with E-state index < -0.39 is 0 Å². The second kappa shape index (κ2) is 4.36. The van der Waals surface area contributed by atoms with E-state index in [0.29, 0.717) is 11.4 Å². The molecule has 16 heavy (non-hydrogen) atoms. The van der Waals surface area contributed by atoms with Crippen LogP contribution in [0.2, 0.25) is 0 Å². The highest BCUT2D eigenvalue weighted by Crippen LogP contribution is 2.49. The number of hydrogen-bond donors (Lipinski definition) is 1. The minimum atomic E-state index is 0.525. The monoisotopic (exact) mass is 220 g/mol. The smallest absolute Gasteiger partial charge is 0.242 e. The molecule has 1 aromatic rings. The Balaban J connectivity index is 1.92. The van der Waals surface area contributed by atoms with Crippen molar-refractivity contribution >= 4 is 5.95 Å². The van der Waals surface area contributed by atoms with E-state index in [1.54, 1.807) is 0 Å². The highest BCUT2D eigenvalue weighted by Gasteiger charge is 2.41. The summed E-state index contributed by atoms with van der Waals surface area (Å²) in [5.74, 6) is 0.672. The van der Waals surface area contributed by atoms with Crippen LogP contribution in [0.4, 0.5) is 5.95 Å². The molecule has 0 amide bonds. The van der Waals surface area contributed by atoms with Crippen LogP contribution in [0.25, 0.3) is 0 Å². The molecule has 4 nitrogen and oxygen atoms in total. The summed E-state index contributed by atoms with van der Waals surface area (Å²) in [5, 5.41) is 11.4. The number of aryl methyl sites for hydroxylation is 2. The lowest BCUT2D eigenvalue weighted by Crippen LogP contribution is -2.17. The zero-order valence-electron chi connectivity index (χ0n) is 10.4. The van der Waals surface area contributed by atoms with Gasteiger partial charge in [-0.2, -0.15) is 5.10 Å². The van der Waals surface area contributed by atoms with Crippen LogP contribution >= 0.6 is 0 Å². The summed E-state index contributed by atoms with van der Waals surface area (Å²) in [7, 11) is 0. The van der Waals surface area contributed by atoms with E-state index in [1.165, 1.54) is 25.7 Å². The first-order chi connectivity index (χ1) is 7.65. The maximum absolute atomic E-state index is 4.38. The van der Waals surface area contributed by atoms with Crippen molar-refractivity contribution in [1.82, 2.24) is 15.2 Å². The molecule has 1 fully saturated rings. The van der Waals surface area contributed by atoms with E-state index in [9.17, 15) is 0 Å². The van der Waals surface area contributed by atoms with Gasteiger partial charge in [-0.1, -0.05) is 13.3 Å². The fourth-order valence-electron chi connectivity index (χ4n) is 2.02. The number of nitrogens with zero attached hydrogens (tertiary/aromatic N) is 3. The molecule has 1 aliphatic carbocycles. The molecule has 1 aromatic heterocycles. The van der Waals surface area contributed by atoms with E-state index in [4.69, 9.17) is 0 Å². The molecule has 0 bridgehead atoms. The molecule has 88 valence electrons. The highest BCUT2D eigenvalue weighted by molar-refractivity contribution is 5.26. The summed E-state index contributed by atoms with van der Waals surface area (Å²) in [4.78, 5) is 4.38. The van der Waals surface area contributed by atoms with Gasteiger partial charge in [0.15, 0.2) is 0 Å². The van der Waals surface area contributed by atoms with Crippen molar-refractivity contribution in [2.24, 2.45) is 5.41 Å². The molecule has 2 rings (SSSR count). The van der Waals surface area contributed by atoms with Gasteiger partial charge in [0.2, 0.25) is 5.95 Å². The Morgan fingerprint density at radius 3 is 2.50 bits per heavy atom. The Labute approximate surface area is 96.9 Å². The van der Waals surface area contributed by atoms with Crippen molar-refractivity contribution in [3.8, 4) is 0 Å². The van der Waals surface area contributed by atoms with Crippen LogP contribution in [0.15, 0.2) is 0 Å². The third kappa shape index (κ3) is 2.49. The minimum absolute atomic E-state index is 0.525. The largest absolute Gasteiger partial charge is 0.352 e. The molecular weight excluding hydrogens is 200 g/mol. The second-order valence-electron chi connectivity index (χ2n) is 4.91. The SMILES string of the molecule is CCCC1(CNc2nnc(C)c(C)n2)CC1. The lowest BCUT2D eigenvalue weighted by molar-refractivity contribution is 0.484. The van der Waals surface area contributed by atoms with Crippen molar-refractivity contribution in [3.63, 3.8) is 0 Å². The Morgan fingerprint density at radius 2 is 1.94 bits per heavy atom. The molecule has 0 aromatic carbocycles. The van der Waals surface area contributed by atoms with Gasteiger partial charge in [-0.15, -0.1) is 5.10 Å². The number of rotatable bonds is 5. The average Bonchev–Trinajstić information content (AvgIpc) is 3.01. The molecular formula is C12H20N4. The van der Waals surface area contributed by atoms with Crippen LogP contribution in [0, 0.1) is 19.3 Å². The van der Waals surface area contributed by atoms with Crippen molar-refractivity contribution in [1.29, 1.82) is 0 Å². The van der Waals surface area contributed by atoms with Gasteiger partial charge in [-0.25, -0.2) is 4.98 Å². The first-order valence-corrected chi connectivity index (χ1v) is 6.07. The van der Waals surface area contributed by atoms with Gasteiger partial charge in [0, 0.05) is 6.54 Å². The third-order valence-corrected chi connectivity index (χ3v) is 3.45. The van der Waals surface area contributed by atoms with Gasteiger partial charge in [0.05, 0.1) is 11.4 Å². The summed E-state index contributed by atoms with van der Waals surface area (Å²) in [6, 6.07) is 0. The topological polar surface area (TPSA) is 50.7 Å².